The average molecular weight is 353 g/mol. The Hall–Kier alpha value is -0.170. The second kappa shape index (κ2) is 18.2. The molecule has 1 unspecified atom stereocenters. The molecular formula is C17H36O5S-2. The minimum Gasteiger partial charge on any atom is -0.759 e. The predicted molar refractivity (Wildman–Crippen MR) is 92.4 cm³/mol. The van der Waals surface area contributed by atoms with Crippen LogP contribution in [0.15, 0.2) is 0 Å². The van der Waals surface area contributed by atoms with Crippen molar-refractivity contribution in [3.63, 3.8) is 0 Å². The fourth-order valence-electron chi connectivity index (χ4n) is 2.54. The van der Waals surface area contributed by atoms with Crippen molar-refractivity contribution in [2.24, 2.45) is 5.92 Å². The fourth-order valence-corrected chi connectivity index (χ4v) is 2.54. The lowest BCUT2D eigenvalue weighted by Crippen LogP contribution is -1.94. The van der Waals surface area contributed by atoms with E-state index in [9.17, 15) is 0 Å². The van der Waals surface area contributed by atoms with Crippen LogP contribution in [0.2, 0.25) is 0 Å². The molecule has 1 atom stereocenters. The highest BCUT2D eigenvalue weighted by Crippen LogP contribution is 2.17. The normalized spacial score (nSPS) is 12.6. The maximum absolute atomic E-state index is 8.66. The molecule has 0 aromatic heterocycles. The number of unbranched alkanes of at least 4 members (excludes halogenated alkanes) is 9. The van der Waals surface area contributed by atoms with Crippen LogP contribution in [0, 0.1) is 5.92 Å². The molecule has 0 spiro atoms. The van der Waals surface area contributed by atoms with E-state index >= 15 is 0 Å². The lowest BCUT2D eigenvalue weighted by molar-refractivity contribution is 0.282. The Morgan fingerprint density at radius 1 is 0.783 bits per heavy atom. The van der Waals surface area contributed by atoms with Crippen LogP contribution in [-0.2, 0) is 10.4 Å². The summed E-state index contributed by atoms with van der Waals surface area (Å²) in [5.41, 5.74) is 0. The summed E-state index contributed by atoms with van der Waals surface area (Å²) in [7, 11) is -5.17. The number of rotatable bonds is 14. The van der Waals surface area contributed by atoms with Crippen molar-refractivity contribution in [3.8, 4) is 0 Å². The Morgan fingerprint density at radius 3 is 1.52 bits per heavy atom. The van der Waals surface area contributed by atoms with E-state index in [0.717, 1.165) is 12.3 Å². The maximum Gasteiger partial charge on any atom is 0.0431 e. The second-order valence-corrected chi connectivity index (χ2v) is 7.17. The zero-order valence-electron chi connectivity index (χ0n) is 15.0. The minimum atomic E-state index is -5.17. The van der Waals surface area contributed by atoms with Crippen LogP contribution in [0.1, 0.15) is 97.3 Å². The summed E-state index contributed by atoms with van der Waals surface area (Å²) in [6.07, 6.45) is 17.7. The Kier molecular flexibility index (Phi) is 19.8. The Morgan fingerprint density at radius 2 is 1.13 bits per heavy atom. The highest BCUT2D eigenvalue weighted by atomic mass is 32.3. The van der Waals surface area contributed by atoms with Crippen molar-refractivity contribution in [3.05, 3.63) is 0 Å². The molecule has 0 aromatic carbocycles. The van der Waals surface area contributed by atoms with E-state index in [-0.39, 0.29) is 0 Å². The van der Waals surface area contributed by atoms with E-state index in [1.165, 1.54) is 77.0 Å². The van der Waals surface area contributed by atoms with Crippen LogP contribution in [0.4, 0.5) is 0 Å². The van der Waals surface area contributed by atoms with Gasteiger partial charge in [0.05, 0.1) is 0 Å². The lowest BCUT2D eigenvalue weighted by atomic mass is 9.97. The summed E-state index contributed by atoms with van der Waals surface area (Å²) >= 11 is 0. The van der Waals surface area contributed by atoms with Crippen LogP contribution >= 0.6 is 0 Å². The first kappa shape index (κ1) is 25.1. The second-order valence-electron chi connectivity index (χ2n) is 6.35. The molecule has 0 saturated carbocycles. The van der Waals surface area contributed by atoms with E-state index in [4.69, 9.17) is 22.6 Å². The van der Waals surface area contributed by atoms with Crippen molar-refractivity contribution >= 4 is 10.4 Å². The van der Waals surface area contributed by atoms with Crippen molar-refractivity contribution in [2.75, 3.05) is 6.61 Å². The number of aliphatic hydroxyl groups excluding tert-OH is 1. The lowest BCUT2D eigenvalue weighted by Gasteiger charge is -2.10. The van der Waals surface area contributed by atoms with Crippen LogP contribution in [-0.4, -0.2) is 29.2 Å². The molecule has 0 saturated heterocycles. The summed E-state index contributed by atoms with van der Waals surface area (Å²) in [4.78, 5) is 0. The molecular weight excluding hydrogens is 316 g/mol. The van der Waals surface area contributed by atoms with E-state index in [2.05, 4.69) is 13.8 Å². The SMILES string of the molecule is CCCCC(C)CCCCCCCCCCCO.O=S(=O)([O-])[O-]. The van der Waals surface area contributed by atoms with Gasteiger partial charge in [-0.3, -0.25) is 8.42 Å². The standard InChI is InChI=1S/C17H36O.H2O4S/c1-3-4-14-17(2)15-12-10-8-6-5-7-9-11-13-16-18;1-5(2,3)4/h17-18H,3-16H2,1-2H3;(H2,1,2,3,4)/p-2. The molecule has 23 heavy (non-hydrogen) atoms. The van der Waals surface area contributed by atoms with Crippen LogP contribution < -0.4 is 0 Å². The minimum absolute atomic E-state index is 0.371. The van der Waals surface area contributed by atoms with Gasteiger partial charge in [-0.2, -0.15) is 0 Å². The van der Waals surface area contributed by atoms with Gasteiger partial charge in [-0.05, 0) is 12.3 Å². The van der Waals surface area contributed by atoms with Crippen LogP contribution in [0.5, 0.6) is 0 Å². The van der Waals surface area contributed by atoms with Gasteiger partial charge in [-0.15, -0.1) is 0 Å². The van der Waals surface area contributed by atoms with Gasteiger partial charge in [-0.25, -0.2) is 0 Å². The van der Waals surface area contributed by atoms with Crippen molar-refractivity contribution in [2.45, 2.75) is 97.3 Å². The molecule has 0 fully saturated rings. The fraction of sp³-hybridized carbons (Fsp3) is 1.00. The molecule has 6 heteroatoms. The van der Waals surface area contributed by atoms with Gasteiger partial charge in [0.2, 0.25) is 0 Å². The molecule has 142 valence electrons. The highest BCUT2D eigenvalue weighted by molar-refractivity contribution is 7.79. The van der Waals surface area contributed by atoms with Crippen molar-refractivity contribution < 1.29 is 22.6 Å². The third kappa shape index (κ3) is 34.3. The molecule has 0 amide bonds. The highest BCUT2D eigenvalue weighted by Gasteiger charge is 2.00. The van der Waals surface area contributed by atoms with Gasteiger partial charge in [0.15, 0.2) is 0 Å². The Labute approximate surface area is 143 Å². The Balaban J connectivity index is 0. The maximum atomic E-state index is 8.66. The van der Waals surface area contributed by atoms with E-state index < -0.39 is 10.4 Å². The van der Waals surface area contributed by atoms with Gasteiger partial charge in [0.25, 0.3) is 0 Å². The van der Waals surface area contributed by atoms with E-state index in [1.807, 2.05) is 0 Å². The van der Waals surface area contributed by atoms with E-state index in [1.54, 1.807) is 0 Å². The molecule has 0 aromatic rings. The Bertz CT molecular complexity index is 309. The molecule has 0 radical (unpaired) electrons. The summed E-state index contributed by atoms with van der Waals surface area (Å²) < 4.78 is 34.1. The third-order valence-corrected chi connectivity index (χ3v) is 3.91. The molecule has 0 aliphatic carbocycles. The average Bonchev–Trinajstić information content (AvgIpc) is 2.45. The quantitative estimate of drug-likeness (QED) is 0.284. The topological polar surface area (TPSA) is 100 Å². The first-order valence-corrected chi connectivity index (χ1v) is 10.4. The third-order valence-electron chi connectivity index (χ3n) is 3.91. The largest absolute Gasteiger partial charge is 0.759 e. The molecule has 0 aliphatic heterocycles. The number of hydrogen-bond acceptors (Lipinski definition) is 5. The molecule has 0 rings (SSSR count). The smallest absolute Gasteiger partial charge is 0.0431 e. The molecule has 0 heterocycles. The summed E-state index contributed by atoms with van der Waals surface area (Å²) in [6.45, 7) is 5.07. The summed E-state index contributed by atoms with van der Waals surface area (Å²) in [6, 6.07) is 0. The van der Waals surface area contributed by atoms with Gasteiger partial charge in [-0.1, -0.05) is 90.9 Å². The molecule has 5 nitrogen and oxygen atoms in total. The molecule has 0 bridgehead atoms. The van der Waals surface area contributed by atoms with Gasteiger partial charge in [0.1, 0.15) is 0 Å². The van der Waals surface area contributed by atoms with Crippen molar-refractivity contribution in [1.82, 2.24) is 0 Å². The predicted octanol–water partition coefficient (Wildman–Crippen LogP) is 4.37. The van der Waals surface area contributed by atoms with Crippen LogP contribution in [0.25, 0.3) is 0 Å². The van der Waals surface area contributed by atoms with Crippen molar-refractivity contribution in [1.29, 1.82) is 0 Å². The van der Waals surface area contributed by atoms with E-state index in [0.29, 0.717) is 6.61 Å². The number of hydrogen-bond donors (Lipinski definition) is 1. The van der Waals surface area contributed by atoms with Gasteiger partial charge in [0, 0.05) is 17.0 Å². The zero-order chi connectivity index (χ0) is 18.0. The first-order chi connectivity index (χ1) is 10.8. The van der Waals surface area contributed by atoms with Gasteiger partial charge < -0.3 is 14.2 Å². The summed E-state index contributed by atoms with van der Waals surface area (Å²) in [5.74, 6) is 0.948. The van der Waals surface area contributed by atoms with Gasteiger partial charge >= 0.3 is 0 Å². The molecule has 0 aliphatic rings. The monoisotopic (exact) mass is 352 g/mol. The summed E-state index contributed by atoms with van der Waals surface area (Å²) in [5, 5.41) is 8.66. The first-order valence-electron chi connectivity index (χ1n) is 9.08. The molecule has 1 N–H and O–H groups in total. The van der Waals surface area contributed by atoms with Crippen LogP contribution in [0.3, 0.4) is 0 Å². The zero-order valence-corrected chi connectivity index (χ0v) is 15.8. The number of aliphatic hydroxyl groups is 1.